The largest absolute Gasteiger partial charge is 0.508 e. The van der Waals surface area contributed by atoms with E-state index in [-0.39, 0.29) is 35.0 Å². The number of nitrogens with zero attached hydrogens (tertiary/aromatic N) is 1. The monoisotopic (exact) mass is 558 g/mol. The predicted molar refractivity (Wildman–Crippen MR) is 150 cm³/mol. The van der Waals surface area contributed by atoms with Crippen molar-refractivity contribution in [2.24, 2.45) is 0 Å². The zero-order valence-corrected chi connectivity index (χ0v) is 22.7. The Kier molecular flexibility index (Phi) is 6.96. The van der Waals surface area contributed by atoms with E-state index in [1.807, 2.05) is 12.1 Å². The standard InChI is InChI=1S/C31H30N2O8/c1-30(2,3)41-29(38)33(31(39,28(36)37)16-19-17-32-24-7-5-4-6-22(19)24)20-10-13-23-25(35)15-26(40-27(23)14-20)18-8-11-21(34)12-9-18/h4-14,17,26,32,34,39H,15-16H2,1-3H3,(H,36,37)/t26?,31-/m1/s1. The van der Waals surface area contributed by atoms with E-state index in [1.165, 1.54) is 30.3 Å². The lowest BCUT2D eigenvalue weighted by Crippen LogP contribution is -2.60. The minimum absolute atomic E-state index is 0.0399. The molecule has 3 aromatic carbocycles. The molecule has 4 N–H and O–H groups in total. The van der Waals surface area contributed by atoms with E-state index in [4.69, 9.17) is 9.47 Å². The number of rotatable bonds is 6. The van der Waals surface area contributed by atoms with Gasteiger partial charge in [0.1, 0.15) is 23.2 Å². The maximum absolute atomic E-state index is 13.6. The molecule has 0 spiro atoms. The zero-order chi connectivity index (χ0) is 29.5. The van der Waals surface area contributed by atoms with Crippen LogP contribution in [0.25, 0.3) is 10.9 Å². The smallest absolute Gasteiger partial charge is 0.417 e. The number of ketones is 1. The van der Waals surface area contributed by atoms with Crippen LogP contribution in [0.4, 0.5) is 10.5 Å². The summed E-state index contributed by atoms with van der Waals surface area (Å²) in [5.74, 6) is -1.71. The third kappa shape index (κ3) is 5.46. The van der Waals surface area contributed by atoms with E-state index >= 15 is 0 Å². The van der Waals surface area contributed by atoms with Gasteiger partial charge < -0.3 is 29.8 Å². The molecule has 2 heterocycles. The molecule has 1 unspecified atom stereocenters. The molecule has 1 aliphatic rings. The number of anilines is 1. The van der Waals surface area contributed by atoms with Crippen LogP contribution in [0.3, 0.4) is 0 Å². The quantitative estimate of drug-likeness (QED) is 0.232. The van der Waals surface area contributed by atoms with Crippen molar-refractivity contribution in [3.8, 4) is 11.5 Å². The highest BCUT2D eigenvalue weighted by molar-refractivity contribution is 6.02. The molecule has 10 nitrogen and oxygen atoms in total. The molecule has 0 saturated carbocycles. The minimum Gasteiger partial charge on any atom is -0.508 e. The van der Waals surface area contributed by atoms with Crippen LogP contribution in [0.2, 0.25) is 0 Å². The number of nitrogens with one attached hydrogen (secondary N) is 1. The van der Waals surface area contributed by atoms with E-state index in [9.17, 15) is 29.7 Å². The number of para-hydroxylation sites is 1. The number of phenolic OH excluding ortho intramolecular Hbond substituents is 1. The molecule has 1 aromatic heterocycles. The maximum atomic E-state index is 13.6. The number of ether oxygens (including phenoxy) is 2. The van der Waals surface area contributed by atoms with Gasteiger partial charge in [-0.1, -0.05) is 30.3 Å². The van der Waals surface area contributed by atoms with Crippen molar-refractivity contribution in [2.75, 3.05) is 4.90 Å². The summed E-state index contributed by atoms with van der Waals surface area (Å²) in [6.07, 6.45) is -0.613. The van der Waals surface area contributed by atoms with Crippen molar-refractivity contribution in [3.05, 3.63) is 89.6 Å². The second-order valence-corrected chi connectivity index (χ2v) is 11.0. The predicted octanol–water partition coefficient (Wildman–Crippen LogP) is 5.34. The fourth-order valence-electron chi connectivity index (χ4n) is 4.90. The molecule has 4 aromatic rings. The number of benzene rings is 3. The summed E-state index contributed by atoms with van der Waals surface area (Å²) >= 11 is 0. The summed E-state index contributed by atoms with van der Waals surface area (Å²) in [5, 5.41) is 32.5. The van der Waals surface area contributed by atoms with Crippen LogP contribution in [-0.2, 0) is 16.0 Å². The number of fused-ring (bicyclic) bond motifs is 2. The van der Waals surface area contributed by atoms with Crippen molar-refractivity contribution in [1.82, 2.24) is 4.98 Å². The van der Waals surface area contributed by atoms with Gasteiger partial charge in [0.05, 0.1) is 17.7 Å². The second kappa shape index (κ2) is 10.3. The Hall–Kier alpha value is -4.83. The Balaban J connectivity index is 1.59. The van der Waals surface area contributed by atoms with Crippen LogP contribution in [0.5, 0.6) is 11.5 Å². The molecular formula is C31H30N2O8. The summed E-state index contributed by atoms with van der Waals surface area (Å²) < 4.78 is 11.7. The normalized spacial score (nSPS) is 16.4. The fourth-order valence-corrected chi connectivity index (χ4v) is 4.90. The molecule has 0 aliphatic carbocycles. The molecule has 0 radical (unpaired) electrons. The summed E-state index contributed by atoms with van der Waals surface area (Å²) in [6, 6.07) is 17.6. The Labute approximate surface area is 235 Å². The van der Waals surface area contributed by atoms with E-state index in [0.29, 0.717) is 21.4 Å². The van der Waals surface area contributed by atoms with Gasteiger partial charge in [-0.25, -0.2) is 14.5 Å². The Morgan fingerprint density at radius 2 is 1.78 bits per heavy atom. The number of aromatic nitrogens is 1. The number of aromatic amines is 1. The number of hydrogen-bond donors (Lipinski definition) is 4. The van der Waals surface area contributed by atoms with Gasteiger partial charge in [0, 0.05) is 29.6 Å². The van der Waals surface area contributed by atoms with Crippen molar-refractivity contribution < 1.29 is 39.2 Å². The van der Waals surface area contributed by atoms with Crippen molar-refractivity contribution in [1.29, 1.82) is 0 Å². The highest BCUT2D eigenvalue weighted by Crippen LogP contribution is 2.40. The summed E-state index contributed by atoms with van der Waals surface area (Å²) in [5.41, 5.74) is -1.73. The lowest BCUT2D eigenvalue weighted by Gasteiger charge is -2.37. The molecule has 5 rings (SSSR count). The molecule has 41 heavy (non-hydrogen) atoms. The Morgan fingerprint density at radius 3 is 2.46 bits per heavy atom. The number of hydrogen-bond acceptors (Lipinski definition) is 7. The molecule has 0 bridgehead atoms. The fraction of sp³-hybridized carbons (Fsp3) is 0.258. The first kappa shape index (κ1) is 27.7. The number of carbonyl (C=O) groups is 3. The number of aromatic hydroxyl groups is 1. The van der Waals surface area contributed by atoms with E-state index in [1.54, 1.807) is 51.2 Å². The number of phenols is 1. The van der Waals surface area contributed by atoms with Crippen LogP contribution in [0.1, 0.15) is 54.8 Å². The summed E-state index contributed by atoms with van der Waals surface area (Å²) in [4.78, 5) is 43.1. The van der Waals surface area contributed by atoms with Crippen molar-refractivity contribution in [2.45, 2.75) is 51.0 Å². The molecular weight excluding hydrogens is 528 g/mol. The number of amides is 1. The first-order chi connectivity index (χ1) is 19.4. The lowest BCUT2D eigenvalue weighted by atomic mass is 9.95. The summed E-state index contributed by atoms with van der Waals surface area (Å²) in [7, 11) is 0. The van der Waals surface area contributed by atoms with Gasteiger partial charge in [0.15, 0.2) is 5.78 Å². The number of aliphatic carboxylic acids is 1. The average molecular weight is 559 g/mol. The third-order valence-corrected chi connectivity index (χ3v) is 6.83. The second-order valence-electron chi connectivity index (χ2n) is 11.0. The molecule has 1 aliphatic heterocycles. The number of carboxylic acid groups (broad SMARTS) is 1. The minimum atomic E-state index is -2.78. The van der Waals surface area contributed by atoms with Crippen LogP contribution in [-0.4, -0.2) is 49.5 Å². The highest BCUT2D eigenvalue weighted by atomic mass is 16.6. The topological polar surface area (TPSA) is 149 Å². The molecule has 0 fully saturated rings. The first-order valence-corrected chi connectivity index (χ1v) is 13.0. The molecule has 10 heteroatoms. The molecule has 212 valence electrons. The lowest BCUT2D eigenvalue weighted by molar-refractivity contribution is -0.158. The molecule has 2 atom stereocenters. The van der Waals surface area contributed by atoms with E-state index in [0.717, 1.165) is 5.52 Å². The number of Topliss-reactive ketones (excluding diaryl/α,β-unsaturated/α-hetero) is 1. The van der Waals surface area contributed by atoms with Crippen LogP contribution in [0, 0.1) is 0 Å². The van der Waals surface area contributed by atoms with Gasteiger partial charge in [0.2, 0.25) is 0 Å². The van der Waals surface area contributed by atoms with E-state index < -0.39 is 35.9 Å². The van der Waals surface area contributed by atoms with Gasteiger partial charge in [-0.3, -0.25) is 4.79 Å². The Morgan fingerprint density at radius 1 is 1.07 bits per heavy atom. The van der Waals surface area contributed by atoms with Gasteiger partial charge in [-0.05, 0) is 62.2 Å². The number of carboxylic acids is 1. The number of aliphatic hydroxyl groups is 1. The SMILES string of the molecule is CC(C)(C)OC(=O)N(c1ccc2c(c1)OC(c1ccc(O)cc1)CC2=O)[C@@](O)(Cc1c[nH]c2ccccc12)C(=O)O. The van der Waals surface area contributed by atoms with Crippen molar-refractivity contribution in [3.63, 3.8) is 0 Å². The third-order valence-electron chi connectivity index (χ3n) is 6.83. The van der Waals surface area contributed by atoms with Crippen LogP contribution in [0.15, 0.2) is 72.9 Å². The van der Waals surface area contributed by atoms with Crippen LogP contribution < -0.4 is 9.64 Å². The first-order valence-electron chi connectivity index (χ1n) is 13.0. The number of carbonyl (C=O) groups excluding carboxylic acids is 2. The maximum Gasteiger partial charge on any atom is 0.417 e. The summed E-state index contributed by atoms with van der Waals surface area (Å²) in [6.45, 7) is 4.87. The molecule has 1 amide bonds. The van der Waals surface area contributed by atoms with Crippen LogP contribution >= 0.6 is 0 Å². The van der Waals surface area contributed by atoms with Gasteiger partial charge in [-0.2, -0.15) is 0 Å². The number of H-pyrrole nitrogens is 1. The zero-order valence-electron chi connectivity index (χ0n) is 22.7. The average Bonchev–Trinajstić information content (AvgIpc) is 3.30. The van der Waals surface area contributed by atoms with Gasteiger partial charge in [0.25, 0.3) is 5.72 Å². The van der Waals surface area contributed by atoms with Gasteiger partial charge in [-0.15, -0.1) is 0 Å². The van der Waals surface area contributed by atoms with E-state index in [2.05, 4.69) is 4.98 Å². The van der Waals surface area contributed by atoms with Gasteiger partial charge >= 0.3 is 12.1 Å². The Bertz CT molecular complexity index is 1640. The highest BCUT2D eigenvalue weighted by Gasteiger charge is 2.49. The molecule has 0 saturated heterocycles. The van der Waals surface area contributed by atoms with Crippen molar-refractivity contribution >= 4 is 34.4 Å².